The van der Waals surface area contributed by atoms with Crippen molar-refractivity contribution < 1.29 is 28.5 Å². The lowest BCUT2D eigenvalue weighted by Gasteiger charge is -2.51. The van der Waals surface area contributed by atoms with Gasteiger partial charge in [0, 0.05) is 34.7 Å². The number of methoxy groups -OCH3 is 3. The van der Waals surface area contributed by atoms with E-state index in [1.54, 1.807) is 27.9 Å². The molecule has 1 aromatic carbocycles. The Hall–Kier alpha value is -1.47. The van der Waals surface area contributed by atoms with Crippen molar-refractivity contribution in [2.45, 2.75) is 51.0 Å². The van der Waals surface area contributed by atoms with Gasteiger partial charge in [-0.15, -0.1) is 0 Å². The molecule has 0 amide bonds. The van der Waals surface area contributed by atoms with Gasteiger partial charge < -0.3 is 23.7 Å². The largest absolute Gasteiger partial charge is 0.425 e. The molecule has 2 rings (SSSR count). The molecule has 1 saturated heterocycles. The first-order chi connectivity index (χ1) is 11.2. The predicted molar refractivity (Wildman–Crippen MR) is 87.3 cm³/mol. The van der Waals surface area contributed by atoms with Crippen LogP contribution in [0.1, 0.15) is 31.9 Å². The third-order valence-electron chi connectivity index (χ3n) is 4.59. The molecule has 0 radical (unpaired) electrons. The Labute approximate surface area is 143 Å². The molecule has 24 heavy (non-hydrogen) atoms. The zero-order chi connectivity index (χ0) is 18.0. The molecular formula is C18H26O6. The maximum atomic E-state index is 12.6. The molecule has 3 unspecified atom stereocenters. The number of carbonyl (C=O) groups excluding carboxylic acids is 1. The zero-order valence-corrected chi connectivity index (χ0v) is 15.2. The summed E-state index contributed by atoms with van der Waals surface area (Å²) < 4.78 is 27.6. The molecule has 0 aliphatic carbocycles. The van der Waals surface area contributed by atoms with Gasteiger partial charge in [-0.1, -0.05) is 24.3 Å². The molecule has 0 bridgehead atoms. The minimum absolute atomic E-state index is 0.349. The molecule has 6 heteroatoms. The minimum Gasteiger partial charge on any atom is -0.425 e. The summed E-state index contributed by atoms with van der Waals surface area (Å²) >= 11 is 0. The lowest BCUT2D eigenvalue weighted by molar-refractivity contribution is -0.420. The van der Waals surface area contributed by atoms with Crippen LogP contribution in [0.4, 0.5) is 0 Å². The van der Waals surface area contributed by atoms with Crippen LogP contribution in [0.2, 0.25) is 0 Å². The van der Waals surface area contributed by atoms with Crippen LogP contribution < -0.4 is 0 Å². The lowest BCUT2D eigenvalue weighted by atomic mass is 9.92. The summed E-state index contributed by atoms with van der Waals surface area (Å²) in [5.74, 6) is -3.04. The number of cyclic esters (lactones) is 1. The molecule has 134 valence electrons. The number of benzene rings is 1. The Balaban J connectivity index is 2.29. The van der Waals surface area contributed by atoms with Crippen molar-refractivity contribution in [3.63, 3.8) is 0 Å². The number of esters is 1. The Morgan fingerprint density at radius 1 is 1.00 bits per heavy atom. The second-order valence-corrected chi connectivity index (χ2v) is 6.45. The highest BCUT2D eigenvalue weighted by atomic mass is 16.8. The van der Waals surface area contributed by atoms with Crippen molar-refractivity contribution in [3.8, 4) is 0 Å². The van der Waals surface area contributed by atoms with E-state index in [4.69, 9.17) is 23.7 Å². The van der Waals surface area contributed by atoms with E-state index in [1.165, 1.54) is 14.2 Å². The van der Waals surface area contributed by atoms with Gasteiger partial charge in [-0.3, -0.25) is 0 Å². The first kappa shape index (κ1) is 18.9. The van der Waals surface area contributed by atoms with Crippen LogP contribution in [0.25, 0.3) is 0 Å². The van der Waals surface area contributed by atoms with Gasteiger partial charge in [-0.2, -0.15) is 0 Å². The van der Waals surface area contributed by atoms with Crippen molar-refractivity contribution in [2.75, 3.05) is 21.3 Å². The summed E-state index contributed by atoms with van der Waals surface area (Å²) in [7, 11) is 4.59. The van der Waals surface area contributed by atoms with Crippen molar-refractivity contribution in [3.05, 3.63) is 35.4 Å². The van der Waals surface area contributed by atoms with E-state index in [9.17, 15) is 4.79 Å². The van der Waals surface area contributed by atoms with Crippen LogP contribution in [0.15, 0.2) is 24.3 Å². The smallest absolute Gasteiger partial charge is 0.341 e. The van der Waals surface area contributed by atoms with E-state index in [1.807, 2.05) is 24.3 Å². The van der Waals surface area contributed by atoms with Crippen molar-refractivity contribution in [1.29, 1.82) is 0 Å². The fourth-order valence-electron chi connectivity index (χ4n) is 2.89. The Morgan fingerprint density at radius 2 is 1.62 bits per heavy atom. The van der Waals surface area contributed by atoms with Crippen LogP contribution in [-0.2, 0) is 41.5 Å². The van der Waals surface area contributed by atoms with Gasteiger partial charge in [-0.05, 0) is 25.0 Å². The first-order valence-corrected chi connectivity index (χ1v) is 7.82. The number of carbonyl (C=O) groups is 1. The van der Waals surface area contributed by atoms with Gasteiger partial charge in [0.15, 0.2) is 5.60 Å². The van der Waals surface area contributed by atoms with E-state index < -0.39 is 23.1 Å². The number of hydrogen-bond acceptors (Lipinski definition) is 6. The third-order valence-corrected chi connectivity index (χ3v) is 4.59. The number of ether oxygens (including phenoxy) is 5. The van der Waals surface area contributed by atoms with Crippen molar-refractivity contribution >= 4 is 5.97 Å². The summed E-state index contributed by atoms with van der Waals surface area (Å²) in [5.41, 5.74) is 0.789. The van der Waals surface area contributed by atoms with Gasteiger partial charge in [0.05, 0.1) is 6.61 Å². The second-order valence-electron chi connectivity index (χ2n) is 6.45. The average molecular weight is 338 g/mol. The van der Waals surface area contributed by atoms with Gasteiger partial charge in [0.2, 0.25) is 5.79 Å². The molecule has 1 heterocycles. The monoisotopic (exact) mass is 338 g/mol. The van der Waals surface area contributed by atoms with E-state index in [2.05, 4.69) is 0 Å². The van der Waals surface area contributed by atoms with E-state index in [0.717, 1.165) is 11.1 Å². The SMILES string of the molecule is COCc1cccc(CC2(C)OC(C)(OC)C(C)(OC)OC2=O)c1. The molecule has 0 saturated carbocycles. The average Bonchev–Trinajstić information content (AvgIpc) is 2.53. The number of rotatable bonds is 6. The summed E-state index contributed by atoms with van der Waals surface area (Å²) in [4.78, 5) is 12.6. The highest BCUT2D eigenvalue weighted by Crippen LogP contribution is 2.42. The van der Waals surface area contributed by atoms with Gasteiger partial charge in [-0.25, -0.2) is 4.79 Å². The highest BCUT2D eigenvalue weighted by molar-refractivity contribution is 5.80. The van der Waals surface area contributed by atoms with E-state index >= 15 is 0 Å². The van der Waals surface area contributed by atoms with Crippen molar-refractivity contribution in [2.24, 2.45) is 0 Å². The first-order valence-electron chi connectivity index (χ1n) is 7.82. The normalized spacial score (nSPS) is 33.3. The summed E-state index contributed by atoms with van der Waals surface area (Å²) in [5, 5.41) is 0. The lowest BCUT2D eigenvalue weighted by Crippen LogP contribution is -2.68. The molecule has 0 spiro atoms. The van der Waals surface area contributed by atoms with Crippen LogP contribution in [0.5, 0.6) is 0 Å². The Morgan fingerprint density at radius 3 is 2.21 bits per heavy atom. The predicted octanol–water partition coefficient (Wildman–Crippen LogP) is 2.43. The second kappa shape index (κ2) is 6.80. The fraction of sp³-hybridized carbons (Fsp3) is 0.611. The Kier molecular flexibility index (Phi) is 5.34. The minimum atomic E-state index is -1.32. The van der Waals surface area contributed by atoms with E-state index in [0.29, 0.717) is 13.0 Å². The molecule has 1 fully saturated rings. The molecule has 0 aromatic heterocycles. The highest BCUT2D eigenvalue weighted by Gasteiger charge is 2.61. The maximum absolute atomic E-state index is 12.6. The van der Waals surface area contributed by atoms with E-state index in [-0.39, 0.29) is 0 Å². The summed E-state index contributed by atoms with van der Waals surface area (Å²) in [6, 6.07) is 7.82. The van der Waals surface area contributed by atoms with Gasteiger partial charge in [0.1, 0.15) is 0 Å². The topological polar surface area (TPSA) is 63.2 Å². The summed E-state index contributed by atoms with van der Waals surface area (Å²) in [6.07, 6.45) is 0.349. The Bertz CT molecular complexity index is 603. The quantitative estimate of drug-likeness (QED) is 0.743. The van der Waals surface area contributed by atoms with Gasteiger partial charge >= 0.3 is 5.97 Å². The molecule has 0 N–H and O–H groups in total. The fourth-order valence-corrected chi connectivity index (χ4v) is 2.89. The van der Waals surface area contributed by atoms with Crippen LogP contribution in [0, 0.1) is 0 Å². The third kappa shape index (κ3) is 3.32. The zero-order valence-electron chi connectivity index (χ0n) is 15.2. The summed E-state index contributed by atoms with van der Waals surface area (Å²) in [6.45, 7) is 5.52. The van der Waals surface area contributed by atoms with Crippen LogP contribution in [-0.4, -0.2) is 44.5 Å². The molecule has 6 nitrogen and oxygen atoms in total. The molecular weight excluding hydrogens is 312 g/mol. The molecule has 1 aliphatic heterocycles. The molecule has 3 atom stereocenters. The van der Waals surface area contributed by atoms with Crippen LogP contribution in [0.3, 0.4) is 0 Å². The molecule has 1 aliphatic rings. The maximum Gasteiger partial charge on any atom is 0.341 e. The standard InChI is InChI=1S/C18H26O6/c1-16(11-13-8-7-9-14(10-13)12-20-4)15(19)23-17(2,21-5)18(3,22-6)24-16/h7-10H,11-12H2,1-6H3. The molecule has 1 aromatic rings. The van der Waals surface area contributed by atoms with Gasteiger partial charge in [0.25, 0.3) is 5.79 Å². The number of hydrogen-bond donors (Lipinski definition) is 0. The van der Waals surface area contributed by atoms with Crippen LogP contribution >= 0.6 is 0 Å². The van der Waals surface area contributed by atoms with Crippen molar-refractivity contribution in [1.82, 2.24) is 0 Å².